The van der Waals surface area contributed by atoms with Crippen LogP contribution in [-0.2, 0) is 17.5 Å². The maximum absolute atomic E-state index is 12.9. The van der Waals surface area contributed by atoms with E-state index in [2.05, 4.69) is 26.3 Å². The summed E-state index contributed by atoms with van der Waals surface area (Å²) in [5.74, 6) is 0.200. The minimum absolute atomic E-state index is 0.0301. The number of aromatic nitrogens is 2. The Kier molecular flexibility index (Phi) is 5.19. The van der Waals surface area contributed by atoms with E-state index in [0.29, 0.717) is 18.2 Å². The van der Waals surface area contributed by atoms with Gasteiger partial charge in [-0.3, -0.25) is 9.48 Å². The number of amides is 1. The van der Waals surface area contributed by atoms with Crippen molar-refractivity contribution in [1.29, 1.82) is 0 Å². The van der Waals surface area contributed by atoms with E-state index < -0.39 is 11.9 Å². The summed E-state index contributed by atoms with van der Waals surface area (Å²) in [7, 11) is 0. The van der Waals surface area contributed by atoms with Crippen LogP contribution in [-0.4, -0.2) is 22.2 Å². The monoisotopic (exact) mass is 381 g/mol. The van der Waals surface area contributed by atoms with Crippen LogP contribution >= 0.6 is 15.9 Å². The largest absolute Gasteiger partial charge is 0.436 e. The molecule has 4 nitrogen and oxygen atoms in total. The molecule has 0 aliphatic heterocycles. The Morgan fingerprint density at radius 2 is 2.09 bits per heavy atom. The van der Waals surface area contributed by atoms with Gasteiger partial charge in [0, 0.05) is 12.5 Å². The van der Waals surface area contributed by atoms with Crippen molar-refractivity contribution in [2.45, 2.75) is 51.7 Å². The smallest absolute Gasteiger partial charge is 0.354 e. The van der Waals surface area contributed by atoms with Gasteiger partial charge in [0.25, 0.3) is 0 Å². The maximum Gasteiger partial charge on any atom is 0.436 e. The maximum atomic E-state index is 12.9. The van der Waals surface area contributed by atoms with Gasteiger partial charge in [-0.25, -0.2) is 0 Å². The molecule has 124 valence electrons. The van der Waals surface area contributed by atoms with E-state index >= 15 is 0 Å². The van der Waals surface area contributed by atoms with E-state index in [1.807, 2.05) is 13.8 Å². The van der Waals surface area contributed by atoms with Crippen LogP contribution in [0.5, 0.6) is 0 Å². The molecule has 1 saturated carbocycles. The number of halogens is 4. The third-order valence-corrected chi connectivity index (χ3v) is 4.28. The van der Waals surface area contributed by atoms with Crippen molar-refractivity contribution in [2.24, 2.45) is 5.92 Å². The van der Waals surface area contributed by atoms with E-state index in [4.69, 9.17) is 0 Å². The highest BCUT2D eigenvalue weighted by Gasteiger charge is 2.41. The summed E-state index contributed by atoms with van der Waals surface area (Å²) in [6, 6.07) is 0. The molecule has 1 aliphatic carbocycles. The zero-order valence-electron chi connectivity index (χ0n) is 12.5. The lowest BCUT2D eigenvalue weighted by Gasteiger charge is -2.09. The standard InChI is InChI=1S/C14H19BrF3N3O/c1-8(2)5-6-19-10(22)7-21-12(9-3-4-9)11(15)13(20-21)14(16,17)18/h8-9H,3-7H2,1-2H3,(H,19,22). The number of nitrogens with zero attached hydrogens (tertiary/aromatic N) is 2. The fourth-order valence-corrected chi connectivity index (χ4v) is 3.03. The molecule has 1 aromatic rings. The summed E-state index contributed by atoms with van der Waals surface area (Å²) >= 11 is 3.01. The number of carbonyl (C=O) groups excluding carboxylic acids is 1. The average Bonchev–Trinajstić information content (AvgIpc) is 3.13. The van der Waals surface area contributed by atoms with Crippen molar-refractivity contribution in [3.05, 3.63) is 15.9 Å². The molecule has 1 fully saturated rings. The molecule has 0 radical (unpaired) electrons. The summed E-state index contributed by atoms with van der Waals surface area (Å²) in [6.45, 7) is 4.41. The highest BCUT2D eigenvalue weighted by molar-refractivity contribution is 9.10. The van der Waals surface area contributed by atoms with Crippen LogP contribution in [0.25, 0.3) is 0 Å². The lowest BCUT2D eigenvalue weighted by atomic mass is 10.1. The Morgan fingerprint density at radius 3 is 2.59 bits per heavy atom. The van der Waals surface area contributed by atoms with Gasteiger partial charge < -0.3 is 5.32 Å². The molecule has 1 N–H and O–H groups in total. The molecule has 1 aliphatic rings. The van der Waals surface area contributed by atoms with E-state index in [1.54, 1.807) is 0 Å². The summed E-state index contributed by atoms with van der Waals surface area (Å²) in [4.78, 5) is 11.9. The number of alkyl halides is 3. The second kappa shape index (κ2) is 6.60. The van der Waals surface area contributed by atoms with E-state index in [-0.39, 0.29) is 22.8 Å². The topological polar surface area (TPSA) is 46.9 Å². The first kappa shape index (κ1) is 17.3. The Hall–Kier alpha value is -1.05. The van der Waals surface area contributed by atoms with Gasteiger partial charge in [0.05, 0.1) is 10.2 Å². The molecule has 0 unspecified atom stereocenters. The van der Waals surface area contributed by atoms with Crippen LogP contribution in [0.15, 0.2) is 4.47 Å². The molecule has 0 bridgehead atoms. The predicted molar refractivity (Wildman–Crippen MR) is 79.4 cm³/mol. The summed E-state index contributed by atoms with van der Waals surface area (Å²) in [5.41, 5.74) is -0.476. The van der Waals surface area contributed by atoms with Crippen molar-refractivity contribution in [3.63, 3.8) is 0 Å². The number of hydrogen-bond acceptors (Lipinski definition) is 2. The van der Waals surface area contributed by atoms with Gasteiger partial charge in [-0.05, 0) is 41.1 Å². The molecule has 0 aromatic carbocycles. The number of carbonyl (C=O) groups is 1. The first-order chi connectivity index (χ1) is 10.2. The number of nitrogens with one attached hydrogen (secondary N) is 1. The Labute approximate surface area is 135 Å². The first-order valence-corrected chi connectivity index (χ1v) is 8.09. The summed E-state index contributed by atoms with van der Waals surface area (Å²) in [6.07, 6.45) is -2.03. The second-order valence-corrected chi connectivity index (χ2v) is 6.80. The number of rotatable bonds is 6. The number of hydrogen-bond donors (Lipinski definition) is 1. The van der Waals surface area contributed by atoms with Gasteiger partial charge in [-0.2, -0.15) is 18.3 Å². The fraction of sp³-hybridized carbons (Fsp3) is 0.714. The van der Waals surface area contributed by atoms with E-state index in [1.165, 1.54) is 4.68 Å². The second-order valence-electron chi connectivity index (χ2n) is 6.01. The van der Waals surface area contributed by atoms with Crippen LogP contribution < -0.4 is 5.32 Å². The van der Waals surface area contributed by atoms with Crippen molar-refractivity contribution in [1.82, 2.24) is 15.1 Å². The molecule has 8 heteroatoms. The molecule has 1 heterocycles. The van der Waals surface area contributed by atoms with Gasteiger partial charge in [0.15, 0.2) is 5.69 Å². The third-order valence-electron chi connectivity index (χ3n) is 3.50. The molecular formula is C14H19BrF3N3O. The fourth-order valence-electron chi connectivity index (χ4n) is 2.19. The Balaban J connectivity index is 2.11. The molecule has 1 amide bonds. The van der Waals surface area contributed by atoms with Crippen LogP contribution in [0.2, 0.25) is 0 Å². The lowest BCUT2D eigenvalue weighted by Crippen LogP contribution is -2.30. The SMILES string of the molecule is CC(C)CCNC(=O)Cn1nc(C(F)(F)F)c(Br)c1C1CC1. The molecule has 1 aromatic heterocycles. The molecule has 2 rings (SSSR count). The lowest BCUT2D eigenvalue weighted by molar-refractivity contribution is -0.142. The average molecular weight is 382 g/mol. The minimum atomic E-state index is -4.53. The summed E-state index contributed by atoms with van der Waals surface area (Å²) < 4.78 is 40.0. The van der Waals surface area contributed by atoms with Gasteiger partial charge in [-0.1, -0.05) is 13.8 Å². The molecule has 0 spiro atoms. The zero-order valence-corrected chi connectivity index (χ0v) is 14.1. The molecular weight excluding hydrogens is 363 g/mol. The highest BCUT2D eigenvalue weighted by atomic mass is 79.9. The molecule has 22 heavy (non-hydrogen) atoms. The van der Waals surface area contributed by atoms with E-state index in [0.717, 1.165) is 19.3 Å². The van der Waals surface area contributed by atoms with Crippen LogP contribution in [0.3, 0.4) is 0 Å². The van der Waals surface area contributed by atoms with E-state index in [9.17, 15) is 18.0 Å². The molecule has 0 atom stereocenters. The normalized spacial score (nSPS) is 15.4. The van der Waals surface area contributed by atoms with Crippen LogP contribution in [0.4, 0.5) is 13.2 Å². The third kappa shape index (κ3) is 4.24. The van der Waals surface area contributed by atoms with Gasteiger partial charge >= 0.3 is 6.18 Å². The van der Waals surface area contributed by atoms with Crippen LogP contribution in [0, 0.1) is 5.92 Å². The summed E-state index contributed by atoms with van der Waals surface area (Å²) in [5, 5.41) is 6.33. The van der Waals surface area contributed by atoms with Gasteiger partial charge in [0.2, 0.25) is 5.91 Å². The van der Waals surface area contributed by atoms with Crippen molar-refractivity contribution < 1.29 is 18.0 Å². The Bertz CT molecular complexity index is 550. The van der Waals surface area contributed by atoms with Crippen molar-refractivity contribution in [3.8, 4) is 0 Å². The highest BCUT2D eigenvalue weighted by Crippen LogP contribution is 2.46. The van der Waals surface area contributed by atoms with Crippen molar-refractivity contribution >= 4 is 21.8 Å². The molecule has 0 saturated heterocycles. The van der Waals surface area contributed by atoms with Crippen LogP contribution in [0.1, 0.15) is 50.4 Å². The minimum Gasteiger partial charge on any atom is -0.354 e. The Morgan fingerprint density at radius 1 is 1.45 bits per heavy atom. The quantitative estimate of drug-likeness (QED) is 0.816. The predicted octanol–water partition coefficient (Wildman–Crippen LogP) is 3.70. The van der Waals surface area contributed by atoms with Gasteiger partial charge in [-0.15, -0.1) is 0 Å². The first-order valence-electron chi connectivity index (χ1n) is 7.30. The van der Waals surface area contributed by atoms with Crippen molar-refractivity contribution in [2.75, 3.05) is 6.54 Å². The zero-order chi connectivity index (χ0) is 16.5. The van der Waals surface area contributed by atoms with Gasteiger partial charge in [0.1, 0.15) is 6.54 Å².